The van der Waals surface area contributed by atoms with Gasteiger partial charge in [-0.3, -0.25) is 9.59 Å². The molecule has 378 valence electrons. The van der Waals surface area contributed by atoms with Crippen LogP contribution in [0.3, 0.4) is 0 Å². The largest absolute Gasteiger partial charge is 0.479 e. The summed E-state index contributed by atoms with van der Waals surface area (Å²) in [6.07, 6.45) is 43.4. The molecule has 0 aromatic carbocycles. The van der Waals surface area contributed by atoms with Gasteiger partial charge in [0.05, 0.1) is 6.61 Å². The predicted octanol–water partition coefficient (Wildman–Crippen LogP) is 12.7. The van der Waals surface area contributed by atoms with E-state index in [1.807, 2.05) is 0 Å². The van der Waals surface area contributed by atoms with Crippen molar-refractivity contribution in [2.45, 2.75) is 275 Å². The fraction of sp³-hybridized carbons (Fsp3) is 0.833. The number of ether oxygens (including phenoxy) is 4. The molecule has 0 saturated carbocycles. The molecule has 0 spiro atoms. The molecule has 65 heavy (non-hydrogen) atoms. The lowest BCUT2D eigenvalue weighted by Crippen LogP contribution is -2.60. The zero-order chi connectivity index (χ0) is 47.4. The normalized spacial score (nSPS) is 19.4. The Kier molecular flexibility index (Phi) is 40.9. The minimum atomic E-state index is -1.86. The average Bonchev–Trinajstić information content (AvgIpc) is 3.29. The van der Waals surface area contributed by atoms with Crippen LogP contribution in [0.4, 0.5) is 0 Å². The second kappa shape index (κ2) is 44.0. The Morgan fingerprint density at radius 2 is 0.908 bits per heavy atom. The highest BCUT2D eigenvalue weighted by Crippen LogP contribution is 2.23. The van der Waals surface area contributed by atoms with Crippen LogP contribution in [-0.2, 0) is 33.3 Å². The molecule has 1 heterocycles. The third-order valence-electron chi connectivity index (χ3n) is 12.3. The minimum absolute atomic E-state index is 0.184. The fourth-order valence-electron chi connectivity index (χ4n) is 8.13. The molecule has 0 aromatic rings. The molecule has 0 amide bonds. The Balaban J connectivity index is 2.27. The van der Waals surface area contributed by atoms with Gasteiger partial charge in [-0.25, -0.2) is 4.79 Å². The summed E-state index contributed by atoms with van der Waals surface area (Å²) in [5.74, 6) is -2.44. The molecule has 1 saturated heterocycles. The van der Waals surface area contributed by atoms with Crippen LogP contribution in [0.5, 0.6) is 0 Å². The summed E-state index contributed by atoms with van der Waals surface area (Å²) in [6, 6.07) is 0. The van der Waals surface area contributed by atoms with E-state index in [0.717, 1.165) is 70.6 Å². The monoisotopic (exact) mass is 921 g/mol. The van der Waals surface area contributed by atoms with E-state index < -0.39 is 54.7 Å². The smallest absolute Gasteiger partial charge is 0.335 e. The van der Waals surface area contributed by atoms with E-state index in [0.29, 0.717) is 12.8 Å². The maximum Gasteiger partial charge on any atom is 0.335 e. The van der Waals surface area contributed by atoms with Gasteiger partial charge in [-0.2, -0.15) is 0 Å². The Bertz CT molecular complexity index is 1220. The van der Waals surface area contributed by atoms with Crippen molar-refractivity contribution in [2.24, 2.45) is 0 Å². The molecule has 0 aromatic heterocycles. The molecule has 0 bridgehead atoms. The number of hydrogen-bond acceptors (Lipinski definition) is 10. The van der Waals surface area contributed by atoms with E-state index in [-0.39, 0.29) is 26.1 Å². The number of unbranched alkanes of at least 4 members (excludes halogenated alkanes) is 28. The molecular formula is C54H96O11. The van der Waals surface area contributed by atoms with E-state index >= 15 is 0 Å². The van der Waals surface area contributed by atoms with Crippen LogP contribution in [-0.4, -0.2) is 88.4 Å². The highest BCUT2D eigenvalue weighted by Gasteiger charge is 2.47. The van der Waals surface area contributed by atoms with Gasteiger partial charge in [-0.05, 0) is 44.9 Å². The lowest BCUT2D eigenvalue weighted by atomic mass is 9.99. The molecule has 0 aliphatic carbocycles. The highest BCUT2D eigenvalue weighted by molar-refractivity contribution is 5.73. The number of carboxylic acids is 1. The van der Waals surface area contributed by atoms with Crippen molar-refractivity contribution in [1.29, 1.82) is 0 Å². The number of carboxylic acid groups (broad SMARTS) is 1. The number of carbonyl (C=O) groups is 3. The second-order valence-electron chi connectivity index (χ2n) is 18.3. The third-order valence-corrected chi connectivity index (χ3v) is 12.3. The third kappa shape index (κ3) is 35.3. The van der Waals surface area contributed by atoms with E-state index in [4.69, 9.17) is 18.9 Å². The van der Waals surface area contributed by atoms with Gasteiger partial charge in [0.25, 0.3) is 0 Å². The quantitative estimate of drug-likeness (QED) is 0.0260. The Labute approximate surface area is 395 Å². The molecule has 11 heteroatoms. The van der Waals surface area contributed by atoms with Crippen LogP contribution >= 0.6 is 0 Å². The highest BCUT2D eigenvalue weighted by atomic mass is 16.7. The Hall–Kier alpha value is -2.57. The van der Waals surface area contributed by atoms with Gasteiger partial charge in [0, 0.05) is 12.8 Å². The van der Waals surface area contributed by atoms with E-state index in [9.17, 15) is 34.8 Å². The van der Waals surface area contributed by atoms with Crippen molar-refractivity contribution >= 4 is 17.9 Å². The van der Waals surface area contributed by atoms with Gasteiger partial charge in [0.15, 0.2) is 18.5 Å². The predicted molar refractivity (Wildman–Crippen MR) is 261 cm³/mol. The fourth-order valence-corrected chi connectivity index (χ4v) is 8.13. The second-order valence-corrected chi connectivity index (χ2v) is 18.3. The van der Waals surface area contributed by atoms with Crippen LogP contribution in [0.1, 0.15) is 239 Å². The van der Waals surface area contributed by atoms with Crippen molar-refractivity contribution in [3.8, 4) is 0 Å². The Morgan fingerprint density at radius 1 is 0.492 bits per heavy atom. The van der Waals surface area contributed by atoms with Gasteiger partial charge < -0.3 is 39.4 Å². The zero-order valence-corrected chi connectivity index (χ0v) is 41.2. The minimum Gasteiger partial charge on any atom is -0.479 e. The molecule has 1 aliphatic rings. The van der Waals surface area contributed by atoms with Gasteiger partial charge in [-0.1, -0.05) is 217 Å². The van der Waals surface area contributed by atoms with Crippen LogP contribution in [0.2, 0.25) is 0 Å². The van der Waals surface area contributed by atoms with Crippen LogP contribution in [0, 0.1) is 0 Å². The maximum absolute atomic E-state index is 12.8. The molecule has 6 unspecified atom stereocenters. The number of hydrogen-bond donors (Lipinski definition) is 4. The standard InChI is InChI=1S/C54H96O11/c1-3-5-7-9-11-13-15-17-19-21-22-23-24-25-27-29-31-33-35-37-39-41-43-48(56)64-46(45-63-54-51(59)49(57)50(58)52(65-54)53(60)61)44-62-47(55)42-40-38-36-34-32-30-28-26-20-18-16-14-12-10-8-6-4-2/h6,8,12,14,18,20,46,49-52,54,57-59H,3-5,7,9-11,13,15-17,19,21-45H2,1-2H3,(H,60,61)/b8-6-,14-12-,20-18-. The molecule has 1 aliphatic heterocycles. The molecule has 4 N–H and O–H groups in total. The zero-order valence-electron chi connectivity index (χ0n) is 41.2. The molecule has 6 atom stereocenters. The molecular weight excluding hydrogens is 825 g/mol. The number of esters is 2. The summed E-state index contributed by atoms with van der Waals surface area (Å²) in [6.45, 7) is 3.73. The topological polar surface area (TPSA) is 169 Å². The summed E-state index contributed by atoms with van der Waals surface area (Å²) >= 11 is 0. The average molecular weight is 921 g/mol. The van der Waals surface area contributed by atoms with E-state index in [1.54, 1.807) is 0 Å². The van der Waals surface area contributed by atoms with Crippen molar-refractivity contribution in [2.75, 3.05) is 13.2 Å². The summed E-state index contributed by atoms with van der Waals surface area (Å²) in [4.78, 5) is 37.0. The molecule has 1 fully saturated rings. The van der Waals surface area contributed by atoms with Crippen molar-refractivity contribution in [1.82, 2.24) is 0 Å². The van der Waals surface area contributed by atoms with Crippen molar-refractivity contribution in [3.63, 3.8) is 0 Å². The number of aliphatic hydroxyl groups is 3. The van der Waals surface area contributed by atoms with Crippen LogP contribution in [0.25, 0.3) is 0 Å². The number of aliphatic hydroxyl groups excluding tert-OH is 3. The molecule has 1 rings (SSSR count). The maximum atomic E-state index is 12.8. The first kappa shape index (κ1) is 60.4. The van der Waals surface area contributed by atoms with Gasteiger partial charge in [0.1, 0.15) is 24.9 Å². The van der Waals surface area contributed by atoms with E-state index in [2.05, 4.69) is 50.3 Å². The summed E-state index contributed by atoms with van der Waals surface area (Å²) < 4.78 is 21.8. The summed E-state index contributed by atoms with van der Waals surface area (Å²) in [5.41, 5.74) is 0. The van der Waals surface area contributed by atoms with Crippen molar-refractivity contribution < 1.29 is 53.8 Å². The van der Waals surface area contributed by atoms with E-state index in [1.165, 1.54) is 128 Å². The first-order valence-corrected chi connectivity index (χ1v) is 26.5. The van der Waals surface area contributed by atoms with Crippen LogP contribution in [0.15, 0.2) is 36.5 Å². The van der Waals surface area contributed by atoms with Gasteiger partial charge in [-0.15, -0.1) is 0 Å². The number of carbonyl (C=O) groups excluding carboxylic acids is 2. The molecule has 0 radical (unpaired) electrons. The number of aliphatic carboxylic acids is 1. The summed E-state index contributed by atoms with van der Waals surface area (Å²) in [7, 11) is 0. The number of rotatable bonds is 45. The summed E-state index contributed by atoms with van der Waals surface area (Å²) in [5, 5.41) is 40.0. The number of allylic oxidation sites excluding steroid dienone is 6. The van der Waals surface area contributed by atoms with Gasteiger partial charge >= 0.3 is 17.9 Å². The lowest BCUT2D eigenvalue weighted by Gasteiger charge is -2.38. The lowest BCUT2D eigenvalue weighted by molar-refractivity contribution is -0.298. The first-order valence-electron chi connectivity index (χ1n) is 26.5. The SMILES string of the molecule is CC/C=C\C/C=C\C/C=C\CCCCCCCCCC(=O)OCC(COC1OC(C(=O)O)C(O)C(O)C1O)OC(=O)CCCCCCCCCCCCCCCCCCCCCCCC. The molecule has 11 nitrogen and oxygen atoms in total. The van der Waals surface area contributed by atoms with Gasteiger partial charge in [0.2, 0.25) is 0 Å². The Morgan fingerprint density at radius 3 is 1.37 bits per heavy atom. The van der Waals surface area contributed by atoms with Crippen LogP contribution < -0.4 is 0 Å². The van der Waals surface area contributed by atoms with Crippen molar-refractivity contribution in [3.05, 3.63) is 36.5 Å². The first-order chi connectivity index (χ1) is 31.7.